The number of hydrogen-bond donors (Lipinski definition) is 1. The van der Waals surface area contributed by atoms with Gasteiger partial charge in [0.05, 0.1) is 6.54 Å². The zero-order chi connectivity index (χ0) is 13.5. The molecule has 2 saturated carbocycles. The van der Waals surface area contributed by atoms with Gasteiger partial charge in [0.15, 0.2) is 0 Å². The standard InChI is InChI=1S/C14H23F3N2/c15-14(16,17)10-19-9-13(6-2-1-3-7-13)18-8-12(19)11-4-5-11/h11-12,18H,1-10H2. The molecule has 19 heavy (non-hydrogen) atoms. The molecule has 1 saturated heterocycles. The van der Waals surface area contributed by atoms with E-state index < -0.39 is 12.7 Å². The molecule has 0 aromatic carbocycles. The minimum atomic E-state index is -4.07. The minimum absolute atomic E-state index is 0.0328. The van der Waals surface area contributed by atoms with Crippen LogP contribution in [0.1, 0.15) is 44.9 Å². The average Bonchev–Trinajstić information content (AvgIpc) is 3.12. The molecular weight excluding hydrogens is 253 g/mol. The van der Waals surface area contributed by atoms with Gasteiger partial charge < -0.3 is 5.32 Å². The summed E-state index contributed by atoms with van der Waals surface area (Å²) in [4.78, 5) is 1.74. The molecule has 2 nitrogen and oxygen atoms in total. The van der Waals surface area contributed by atoms with Gasteiger partial charge in [-0.3, -0.25) is 4.90 Å². The van der Waals surface area contributed by atoms with E-state index in [1.54, 1.807) is 4.90 Å². The fraction of sp³-hybridized carbons (Fsp3) is 1.00. The van der Waals surface area contributed by atoms with Crippen molar-refractivity contribution < 1.29 is 13.2 Å². The van der Waals surface area contributed by atoms with Crippen molar-refractivity contribution >= 4 is 0 Å². The normalized spacial score (nSPS) is 32.7. The maximum Gasteiger partial charge on any atom is 0.401 e. The van der Waals surface area contributed by atoms with E-state index in [1.807, 2.05) is 0 Å². The van der Waals surface area contributed by atoms with Crippen LogP contribution in [0.3, 0.4) is 0 Å². The lowest BCUT2D eigenvalue weighted by Gasteiger charge is -2.50. The molecule has 1 heterocycles. The molecule has 5 heteroatoms. The topological polar surface area (TPSA) is 15.3 Å². The van der Waals surface area contributed by atoms with E-state index in [-0.39, 0.29) is 11.6 Å². The van der Waals surface area contributed by atoms with Gasteiger partial charge in [-0.05, 0) is 31.6 Å². The van der Waals surface area contributed by atoms with E-state index in [2.05, 4.69) is 5.32 Å². The highest BCUT2D eigenvalue weighted by Crippen LogP contribution is 2.40. The fourth-order valence-electron chi connectivity index (χ4n) is 3.92. The molecule has 1 N–H and O–H groups in total. The van der Waals surface area contributed by atoms with E-state index in [9.17, 15) is 13.2 Å². The maximum atomic E-state index is 12.8. The Morgan fingerprint density at radius 1 is 1.11 bits per heavy atom. The van der Waals surface area contributed by atoms with Crippen molar-refractivity contribution in [2.24, 2.45) is 5.92 Å². The molecule has 3 rings (SSSR count). The first-order chi connectivity index (χ1) is 8.98. The van der Waals surface area contributed by atoms with Crippen LogP contribution in [0.2, 0.25) is 0 Å². The molecule has 1 atom stereocenters. The largest absolute Gasteiger partial charge is 0.401 e. The molecule has 3 fully saturated rings. The lowest BCUT2D eigenvalue weighted by Crippen LogP contribution is -2.66. The van der Waals surface area contributed by atoms with Gasteiger partial charge in [0.2, 0.25) is 0 Å². The summed E-state index contributed by atoms with van der Waals surface area (Å²) in [5.74, 6) is 0.496. The van der Waals surface area contributed by atoms with E-state index in [0.717, 1.165) is 45.1 Å². The molecule has 2 aliphatic carbocycles. The van der Waals surface area contributed by atoms with E-state index in [1.165, 1.54) is 6.42 Å². The third-order valence-electron chi connectivity index (χ3n) is 5.02. The number of alkyl halides is 3. The lowest BCUT2D eigenvalue weighted by molar-refractivity contribution is -0.158. The smallest absolute Gasteiger partial charge is 0.308 e. The maximum absolute atomic E-state index is 12.8. The van der Waals surface area contributed by atoms with Crippen LogP contribution in [0.25, 0.3) is 0 Å². The van der Waals surface area contributed by atoms with Crippen LogP contribution in [0.15, 0.2) is 0 Å². The second-order valence-electron chi connectivity index (χ2n) is 6.65. The Hall–Kier alpha value is -0.290. The molecule has 3 aliphatic rings. The predicted octanol–water partition coefficient (Wildman–Crippen LogP) is 2.94. The Morgan fingerprint density at radius 2 is 1.79 bits per heavy atom. The van der Waals surface area contributed by atoms with Gasteiger partial charge in [-0.15, -0.1) is 0 Å². The van der Waals surface area contributed by atoms with E-state index >= 15 is 0 Å². The van der Waals surface area contributed by atoms with Crippen molar-refractivity contribution in [3.8, 4) is 0 Å². The Balaban J connectivity index is 1.70. The number of rotatable bonds is 2. The summed E-state index contributed by atoms with van der Waals surface area (Å²) >= 11 is 0. The van der Waals surface area contributed by atoms with Crippen molar-refractivity contribution in [3.05, 3.63) is 0 Å². The van der Waals surface area contributed by atoms with E-state index in [0.29, 0.717) is 12.5 Å². The van der Waals surface area contributed by atoms with Crippen LogP contribution in [0.5, 0.6) is 0 Å². The first kappa shape index (κ1) is 13.7. The molecule has 1 spiro atoms. The molecular formula is C14H23F3N2. The van der Waals surface area contributed by atoms with Crippen LogP contribution in [0.4, 0.5) is 13.2 Å². The van der Waals surface area contributed by atoms with Crippen LogP contribution < -0.4 is 5.32 Å². The van der Waals surface area contributed by atoms with Crippen LogP contribution in [-0.4, -0.2) is 42.3 Å². The van der Waals surface area contributed by atoms with Gasteiger partial charge in [0, 0.05) is 24.7 Å². The van der Waals surface area contributed by atoms with Crippen molar-refractivity contribution in [3.63, 3.8) is 0 Å². The third-order valence-corrected chi connectivity index (χ3v) is 5.02. The number of nitrogens with zero attached hydrogens (tertiary/aromatic N) is 1. The summed E-state index contributed by atoms with van der Waals surface area (Å²) in [5, 5.41) is 3.61. The van der Waals surface area contributed by atoms with Gasteiger partial charge in [-0.2, -0.15) is 13.2 Å². The number of halogens is 3. The van der Waals surface area contributed by atoms with Gasteiger partial charge in [0.1, 0.15) is 0 Å². The highest BCUT2D eigenvalue weighted by molar-refractivity contribution is 5.03. The van der Waals surface area contributed by atoms with Gasteiger partial charge in [0.25, 0.3) is 0 Å². The van der Waals surface area contributed by atoms with Crippen LogP contribution in [0, 0.1) is 5.92 Å². The number of hydrogen-bond acceptors (Lipinski definition) is 2. The Labute approximate surface area is 112 Å². The minimum Gasteiger partial charge on any atom is -0.308 e. The molecule has 0 aromatic rings. The van der Waals surface area contributed by atoms with Crippen molar-refractivity contribution in [2.75, 3.05) is 19.6 Å². The van der Waals surface area contributed by atoms with E-state index in [4.69, 9.17) is 0 Å². The molecule has 0 radical (unpaired) electrons. The van der Waals surface area contributed by atoms with Gasteiger partial charge >= 0.3 is 6.18 Å². The second kappa shape index (κ2) is 4.92. The second-order valence-corrected chi connectivity index (χ2v) is 6.65. The monoisotopic (exact) mass is 276 g/mol. The van der Waals surface area contributed by atoms with Crippen molar-refractivity contribution in [2.45, 2.75) is 62.7 Å². The Bertz CT molecular complexity index is 319. The zero-order valence-corrected chi connectivity index (χ0v) is 11.3. The molecule has 0 amide bonds. The average molecular weight is 276 g/mol. The molecule has 0 bridgehead atoms. The molecule has 0 aromatic heterocycles. The first-order valence-electron chi connectivity index (χ1n) is 7.53. The summed E-state index contributed by atoms with van der Waals surface area (Å²) < 4.78 is 38.4. The number of nitrogens with one attached hydrogen (secondary N) is 1. The van der Waals surface area contributed by atoms with Crippen LogP contribution >= 0.6 is 0 Å². The summed E-state index contributed by atoms with van der Waals surface area (Å²) in [6, 6.07) is 0.106. The van der Waals surface area contributed by atoms with Crippen molar-refractivity contribution in [1.29, 1.82) is 0 Å². The zero-order valence-electron chi connectivity index (χ0n) is 11.3. The highest BCUT2D eigenvalue weighted by Gasteiger charge is 2.47. The number of piperazine rings is 1. The summed E-state index contributed by atoms with van der Waals surface area (Å²) in [6.07, 6.45) is 3.76. The first-order valence-corrected chi connectivity index (χ1v) is 7.53. The summed E-state index contributed by atoms with van der Waals surface area (Å²) in [5.41, 5.74) is -0.0328. The summed E-state index contributed by atoms with van der Waals surface area (Å²) in [6.45, 7) is 0.617. The van der Waals surface area contributed by atoms with Gasteiger partial charge in [-0.25, -0.2) is 0 Å². The third kappa shape index (κ3) is 3.24. The molecule has 1 unspecified atom stereocenters. The summed E-state index contributed by atoms with van der Waals surface area (Å²) in [7, 11) is 0. The van der Waals surface area contributed by atoms with Gasteiger partial charge in [-0.1, -0.05) is 19.3 Å². The molecule has 1 aliphatic heterocycles. The SMILES string of the molecule is FC(F)(F)CN1CC2(CCCCC2)NCC1C1CC1. The quantitative estimate of drug-likeness (QED) is 0.834. The fourth-order valence-corrected chi connectivity index (χ4v) is 3.92. The highest BCUT2D eigenvalue weighted by atomic mass is 19.4. The van der Waals surface area contributed by atoms with Crippen molar-refractivity contribution in [1.82, 2.24) is 10.2 Å². The Kier molecular flexibility index (Phi) is 3.54. The predicted molar refractivity (Wildman–Crippen MR) is 68.0 cm³/mol. The molecule has 110 valence electrons. The lowest BCUT2D eigenvalue weighted by atomic mass is 9.79. The van der Waals surface area contributed by atoms with Crippen LogP contribution in [-0.2, 0) is 0 Å². The Morgan fingerprint density at radius 3 is 2.37 bits per heavy atom.